The van der Waals surface area contributed by atoms with Crippen molar-refractivity contribution in [1.82, 2.24) is 4.90 Å². The van der Waals surface area contributed by atoms with Crippen LogP contribution in [0.1, 0.15) is 0 Å². The molecule has 0 spiro atoms. The van der Waals surface area contributed by atoms with E-state index in [1.54, 1.807) is 4.90 Å². The lowest BCUT2D eigenvalue weighted by Crippen LogP contribution is -2.48. The van der Waals surface area contributed by atoms with Crippen LogP contribution in [0.5, 0.6) is 0 Å². The van der Waals surface area contributed by atoms with Crippen molar-refractivity contribution in [3.05, 3.63) is 29.3 Å². The Hall–Kier alpha value is -1.22. The van der Waals surface area contributed by atoms with Crippen LogP contribution in [0, 0.1) is 0 Å². The van der Waals surface area contributed by atoms with Crippen molar-refractivity contribution in [3.8, 4) is 0 Å². The fourth-order valence-corrected chi connectivity index (χ4v) is 1.93. The summed E-state index contributed by atoms with van der Waals surface area (Å²) < 4.78 is 0. The summed E-state index contributed by atoms with van der Waals surface area (Å²) >= 11 is 6.08. The maximum absolute atomic E-state index is 11.5. The number of hydrogen-bond acceptors (Lipinski definition) is 2. The third-order valence-corrected chi connectivity index (χ3v) is 2.97. The number of nitrogens with zero attached hydrogens (tertiary/aromatic N) is 2. The molecule has 1 heterocycles. The maximum Gasteiger partial charge on any atom is 0.241 e. The zero-order valence-corrected chi connectivity index (χ0v) is 9.37. The first-order chi connectivity index (χ1) is 7.18. The first-order valence-electron chi connectivity index (χ1n) is 4.92. The highest BCUT2D eigenvalue weighted by atomic mass is 35.5. The molecule has 4 heteroatoms. The second-order valence-electron chi connectivity index (χ2n) is 3.69. The maximum atomic E-state index is 11.5. The number of rotatable bonds is 1. The molecule has 80 valence electrons. The SMILES string of the molecule is CN1CCN(c2ccccc2Cl)CC1=O. The summed E-state index contributed by atoms with van der Waals surface area (Å²) in [6.07, 6.45) is 0. The van der Waals surface area contributed by atoms with Gasteiger partial charge in [0.2, 0.25) is 5.91 Å². The van der Waals surface area contributed by atoms with E-state index < -0.39 is 0 Å². The van der Waals surface area contributed by atoms with Crippen molar-refractivity contribution in [2.24, 2.45) is 0 Å². The Balaban J connectivity index is 2.19. The summed E-state index contributed by atoms with van der Waals surface area (Å²) in [5, 5.41) is 0.704. The van der Waals surface area contributed by atoms with Crippen LogP contribution in [-0.2, 0) is 4.79 Å². The Bertz CT molecular complexity index is 381. The number of halogens is 1. The topological polar surface area (TPSA) is 23.6 Å². The zero-order chi connectivity index (χ0) is 10.8. The molecular weight excluding hydrogens is 212 g/mol. The van der Waals surface area contributed by atoms with Crippen molar-refractivity contribution in [2.75, 3.05) is 31.6 Å². The monoisotopic (exact) mass is 224 g/mol. The molecule has 15 heavy (non-hydrogen) atoms. The lowest BCUT2D eigenvalue weighted by atomic mass is 10.2. The van der Waals surface area contributed by atoms with E-state index in [4.69, 9.17) is 11.6 Å². The second kappa shape index (κ2) is 4.11. The van der Waals surface area contributed by atoms with E-state index in [1.165, 1.54) is 0 Å². The van der Waals surface area contributed by atoms with E-state index in [0.717, 1.165) is 18.8 Å². The summed E-state index contributed by atoms with van der Waals surface area (Å²) in [6.45, 7) is 2.01. The number of likely N-dealkylation sites (N-methyl/N-ethyl adjacent to an activating group) is 1. The van der Waals surface area contributed by atoms with Crippen LogP contribution in [0.2, 0.25) is 5.02 Å². The molecule has 0 N–H and O–H groups in total. The summed E-state index contributed by atoms with van der Waals surface area (Å²) in [6, 6.07) is 7.62. The highest BCUT2D eigenvalue weighted by molar-refractivity contribution is 6.33. The molecule has 0 radical (unpaired) electrons. The standard InChI is InChI=1S/C11H13ClN2O/c1-13-6-7-14(8-11(13)15)10-5-3-2-4-9(10)12/h2-5H,6-8H2,1H3. The van der Waals surface area contributed by atoms with Crippen LogP contribution >= 0.6 is 11.6 Å². The number of anilines is 1. The summed E-state index contributed by atoms with van der Waals surface area (Å²) in [4.78, 5) is 15.3. The minimum atomic E-state index is 0.140. The molecule has 0 unspecified atom stereocenters. The third kappa shape index (κ3) is 2.07. The Morgan fingerprint density at radius 1 is 1.27 bits per heavy atom. The number of carbonyl (C=O) groups excluding carboxylic acids is 1. The smallest absolute Gasteiger partial charge is 0.241 e. The molecule has 1 saturated heterocycles. The molecule has 0 aliphatic carbocycles. The van der Waals surface area contributed by atoms with Gasteiger partial charge in [0.05, 0.1) is 17.3 Å². The zero-order valence-electron chi connectivity index (χ0n) is 8.61. The number of piperazine rings is 1. The molecule has 1 aliphatic heterocycles. The first kappa shape index (κ1) is 10.3. The normalized spacial score (nSPS) is 17.1. The molecule has 2 rings (SSSR count). The minimum absolute atomic E-state index is 0.140. The van der Waals surface area contributed by atoms with Gasteiger partial charge in [-0.25, -0.2) is 0 Å². The minimum Gasteiger partial charge on any atom is -0.359 e. The van der Waals surface area contributed by atoms with Crippen LogP contribution in [0.15, 0.2) is 24.3 Å². The van der Waals surface area contributed by atoms with Crippen LogP contribution in [-0.4, -0.2) is 37.5 Å². The van der Waals surface area contributed by atoms with Gasteiger partial charge in [-0.15, -0.1) is 0 Å². The Morgan fingerprint density at radius 2 is 2.00 bits per heavy atom. The van der Waals surface area contributed by atoms with Crippen LogP contribution in [0.25, 0.3) is 0 Å². The molecule has 1 fully saturated rings. The molecule has 1 aliphatic rings. The van der Waals surface area contributed by atoms with Gasteiger partial charge in [0.15, 0.2) is 0 Å². The molecule has 1 amide bonds. The van der Waals surface area contributed by atoms with E-state index >= 15 is 0 Å². The molecule has 0 atom stereocenters. The highest BCUT2D eigenvalue weighted by Gasteiger charge is 2.22. The second-order valence-corrected chi connectivity index (χ2v) is 4.10. The number of benzene rings is 1. The van der Waals surface area contributed by atoms with E-state index in [0.29, 0.717) is 11.6 Å². The highest BCUT2D eigenvalue weighted by Crippen LogP contribution is 2.25. The summed E-state index contributed by atoms with van der Waals surface area (Å²) in [5.74, 6) is 0.140. The van der Waals surface area contributed by atoms with Gasteiger partial charge < -0.3 is 9.80 Å². The van der Waals surface area contributed by atoms with Gasteiger partial charge in [-0.3, -0.25) is 4.79 Å². The molecule has 1 aromatic carbocycles. The summed E-state index contributed by atoms with van der Waals surface area (Å²) in [7, 11) is 1.83. The van der Waals surface area contributed by atoms with Gasteiger partial charge >= 0.3 is 0 Å². The number of carbonyl (C=O) groups is 1. The molecule has 1 aromatic rings. The van der Waals surface area contributed by atoms with Gasteiger partial charge in [-0.1, -0.05) is 23.7 Å². The predicted molar refractivity (Wildman–Crippen MR) is 61.3 cm³/mol. The Kier molecular flexibility index (Phi) is 2.82. The Labute approximate surface area is 94.2 Å². The van der Waals surface area contributed by atoms with Gasteiger partial charge in [0.25, 0.3) is 0 Å². The predicted octanol–water partition coefficient (Wildman–Crippen LogP) is 1.62. The average molecular weight is 225 g/mol. The number of amides is 1. The Morgan fingerprint density at radius 3 is 2.67 bits per heavy atom. The quantitative estimate of drug-likeness (QED) is 0.724. The van der Waals surface area contributed by atoms with Crippen LogP contribution in [0.3, 0.4) is 0 Å². The van der Waals surface area contributed by atoms with E-state index in [1.807, 2.05) is 36.2 Å². The molecule has 0 saturated carbocycles. The van der Waals surface area contributed by atoms with Crippen molar-refractivity contribution in [2.45, 2.75) is 0 Å². The fraction of sp³-hybridized carbons (Fsp3) is 0.364. The van der Waals surface area contributed by atoms with Crippen LogP contribution in [0.4, 0.5) is 5.69 Å². The molecule has 0 bridgehead atoms. The number of hydrogen-bond donors (Lipinski definition) is 0. The fourth-order valence-electron chi connectivity index (χ4n) is 1.67. The van der Waals surface area contributed by atoms with Crippen molar-refractivity contribution >= 4 is 23.2 Å². The van der Waals surface area contributed by atoms with Gasteiger partial charge in [-0.05, 0) is 12.1 Å². The largest absolute Gasteiger partial charge is 0.359 e. The summed E-state index contributed by atoms with van der Waals surface area (Å²) in [5.41, 5.74) is 0.945. The molecule has 3 nitrogen and oxygen atoms in total. The van der Waals surface area contributed by atoms with Gasteiger partial charge in [0.1, 0.15) is 0 Å². The first-order valence-corrected chi connectivity index (χ1v) is 5.30. The van der Waals surface area contributed by atoms with Gasteiger partial charge in [-0.2, -0.15) is 0 Å². The molecular formula is C11H13ClN2O. The van der Waals surface area contributed by atoms with Crippen molar-refractivity contribution < 1.29 is 4.79 Å². The van der Waals surface area contributed by atoms with E-state index in [9.17, 15) is 4.79 Å². The average Bonchev–Trinajstić information content (AvgIpc) is 2.23. The lowest BCUT2D eigenvalue weighted by molar-refractivity contribution is -0.129. The van der Waals surface area contributed by atoms with Crippen molar-refractivity contribution in [1.29, 1.82) is 0 Å². The van der Waals surface area contributed by atoms with E-state index in [-0.39, 0.29) is 5.91 Å². The lowest BCUT2D eigenvalue weighted by Gasteiger charge is -2.33. The third-order valence-electron chi connectivity index (χ3n) is 2.65. The number of para-hydroxylation sites is 1. The van der Waals surface area contributed by atoms with Crippen molar-refractivity contribution in [3.63, 3.8) is 0 Å². The van der Waals surface area contributed by atoms with Gasteiger partial charge in [0, 0.05) is 20.1 Å². The van der Waals surface area contributed by atoms with Crippen LogP contribution < -0.4 is 4.90 Å². The van der Waals surface area contributed by atoms with E-state index in [2.05, 4.69) is 0 Å². The molecule has 0 aromatic heterocycles.